The molecule has 21 heavy (non-hydrogen) atoms. The van der Waals surface area contributed by atoms with Crippen LogP contribution in [0.25, 0.3) is 0 Å². The molecule has 0 saturated carbocycles. The first kappa shape index (κ1) is 15.2. The maximum Gasteiger partial charge on any atom is 0.180 e. The maximum absolute atomic E-state index is 11.5. The number of hydrogen-bond donors (Lipinski definition) is 0. The second-order valence-electron chi connectivity index (χ2n) is 4.64. The number of ketones is 1. The number of pyridine rings is 1. The van der Waals surface area contributed by atoms with Crippen molar-refractivity contribution in [1.82, 2.24) is 4.98 Å². The van der Waals surface area contributed by atoms with E-state index in [2.05, 4.69) is 4.98 Å². The van der Waals surface area contributed by atoms with Crippen LogP contribution < -0.4 is 4.74 Å². The average Bonchev–Trinajstić information content (AvgIpc) is 2.54. The van der Waals surface area contributed by atoms with Crippen molar-refractivity contribution in [3.05, 3.63) is 53.9 Å². The minimum absolute atomic E-state index is 0.0315. The highest BCUT2D eigenvalue weighted by atomic mass is 16.5. The topological polar surface area (TPSA) is 48.4 Å². The van der Waals surface area contributed by atoms with E-state index in [9.17, 15) is 4.79 Å². The third kappa shape index (κ3) is 4.39. The van der Waals surface area contributed by atoms with Gasteiger partial charge in [-0.25, -0.2) is 4.98 Å². The molecule has 4 nitrogen and oxygen atoms in total. The van der Waals surface area contributed by atoms with Crippen molar-refractivity contribution in [2.75, 3.05) is 13.7 Å². The highest BCUT2D eigenvalue weighted by molar-refractivity contribution is 5.93. The van der Waals surface area contributed by atoms with Crippen molar-refractivity contribution in [2.24, 2.45) is 0 Å². The zero-order chi connectivity index (χ0) is 15.1. The van der Waals surface area contributed by atoms with Gasteiger partial charge in [-0.15, -0.1) is 0 Å². The van der Waals surface area contributed by atoms with E-state index in [1.54, 1.807) is 25.4 Å². The van der Waals surface area contributed by atoms with Crippen LogP contribution in [0.2, 0.25) is 0 Å². The fourth-order valence-electron chi connectivity index (χ4n) is 1.87. The van der Waals surface area contributed by atoms with E-state index >= 15 is 0 Å². The summed E-state index contributed by atoms with van der Waals surface area (Å²) in [6, 6.07) is 11.3. The molecule has 0 unspecified atom stereocenters. The van der Waals surface area contributed by atoms with E-state index in [1.807, 2.05) is 31.2 Å². The monoisotopic (exact) mass is 285 g/mol. The van der Waals surface area contributed by atoms with Crippen molar-refractivity contribution >= 4 is 5.78 Å². The standard InChI is InChI=1S/C17H19NO3/c1-3-17(19)16-9-8-15(12-18-16)21-14-6-4-13(5-7-14)10-11-20-2/h4-9,12H,3,10-11H2,1-2H3. The highest BCUT2D eigenvalue weighted by Gasteiger charge is 2.05. The van der Waals surface area contributed by atoms with Crippen LogP contribution in [0.4, 0.5) is 0 Å². The predicted molar refractivity (Wildman–Crippen MR) is 81.0 cm³/mol. The summed E-state index contributed by atoms with van der Waals surface area (Å²) in [5, 5.41) is 0. The fourth-order valence-corrected chi connectivity index (χ4v) is 1.87. The first-order valence-corrected chi connectivity index (χ1v) is 6.98. The molecular weight excluding hydrogens is 266 g/mol. The average molecular weight is 285 g/mol. The quantitative estimate of drug-likeness (QED) is 0.728. The maximum atomic E-state index is 11.5. The summed E-state index contributed by atoms with van der Waals surface area (Å²) in [7, 11) is 1.69. The molecule has 110 valence electrons. The molecule has 0 aliphatic rings. The number of benzene rings is 1. The molecule has 0 N–H and O–H groups in total. The van der Waals surface area contributed by atoms with Gasteiger partial charge in [0, 0.05) is 13.5 Å². The molecule has 0 spiro atoms. The van der Waals surface area contributed by atoms with Crippen LogP contribution in [0, 0.1) is 0 Å². The third-order valence-corrected chi connectivity index (χ3v) is 3.10. The molecular formula is C17H19NO3. The summed E-state index contributed by atoms with van der Waals surface area (Å²) in [6.45, 7) is 2.52. The van der Waals surface area contributed by atoms with Crippen LogP contribution in [0.3, 0.4) is 0 Å². The summed E-state index contributed by atoms with van der Waals surface area (Å²) in [5.74, 6) is 1.39. The van der Waals surface area contributed by atoms with E-state index in [-0.39, 0.29) is 5.78 Å². The van der Waals surface area contributed by atoms with Crippen molar-refractivity contribution in [3.63, 3.8) is 0 Å². The number of carbonyl (C=O) groups is 1. The smallest absolute Gasteiger partial charge is 0.180 e. The molecule has 2 rings (SSSR count). The van der Waals surface area contributed by atoms with Gasteiger partial charge >= 0.3 is 0 Å². The molecule has 2 aromatic rings. The van der Waals surface area contributed by atoms with Gasteiger partial charge in [0.05, 0.1) is 12.8 Å². The van der Waals surface area contributed by atoms with Gasteiger partial charge in [0.2, 0.25) is 0 Å². The van der Waals surface area contributed by atoms with E-state index in [0.29, 0.717) is 24.5 Å². The molecule has 0 atom stereocenters. The Hall–Kier alpha value is -2.20. The Balaban J connectivity index is 1.99. The predicted octanol–water partition coefficient (Wildman–Crippen LogP) is 3.66. The molecule has 0 radical (unpaired) electrons. The normalized spacial score (nSPS) is 10.4. The molecule has 1 heterocycles. The molecule has 4 heteroatoms. The van der Waals surface area contributed by atoms with Crippen molar-refractivity contribution in [1.29, 1.82) is 0 Å². The summed E-state index contributed by atoms with van der Waals surface area (Å²) in [5.41, 5.74) is 1.67. The summed E-state index contributed by atoms with van der Waals surface area (Å²) in [6.07, 6.45) is 2.91. The number of aromatic nitrogens is 1. The molecule has 0 fully saturated rings. The van der Waals surface area contributed by atoms with Crippen molar-refractivity contribution < 1.29 is 14.3 Å². The van der Waals surface area contributed by atoms with Crippen molar-refractivity contribution in [2.45, 2.75) is 19.8 Å². The zero-order valence-corrected chi connectivity index (χ0v) is 12.3. The highest BCUT2D eigenvalue weighted by Crippen LogP contribution is 2.21. The van der Waals surface area contributed by atoms with Crippen LogP contribution in [0.15, 0.2) is 42.6 Å². The Bertz CT molecular complexity index is 576. The molecule has 0 aliphatic heterocycles. The van der Waals surface area contributed by atoms with E-state index in [1.165, 1.54) is 5.56 Å². The van der Waals surface area contributed by atoms with Gasteiger partial charge in [0.15, 0.2) is 5.78 Å². The Kier molecular flexibility index (Phi) is 5.46. The molecule has 1 aromatic heterocycles. The van der Waals surface area contributed by atoms with Gasteiger partial charge in [0.1, 0.15) is 17.2 Å². The number of methoxy groups -OCH3 is 1. The number of ether oxygens (including phenoxy) is 2. The Morgan fingerprint density at radius 1 is 1.10 bits per heavy atom. The lowest BCUT2D eigenvalue weighted by Crippen LogP contribution is -1.99. The van der Waals surface area contributed by atoms with Gasteiger partial charge in [-0.2, -0.15) is 0 Å². The zero-order valence-electron chi connectivity index (χ0n) is 12.3. The Labute approximate surface area is 124 Å². The van der Waals surface area contributed by atoms with Crippen molar-refractivity contribution in [3.8, 4) is 11.5 Å². The lowest BCUT2D eigenvalue weighted by molar-refractivity contribution is 0.0983. The summed E-state index contributed by atoms with van der Waals surface area (Å²) >= 11 is 0. The number of hydrogen-bond acceptors (Lipinski definition) is 4. The SMILES string of the molecule is CCC(=O)c1ccc(Oc2ccc(CCOC)cc2)cn1. The largest absolute Gasteiger partial charge is 0.456 e. The van der Waals surface area contributed by atoms with Crippen LogP contribution in [0.1, 0.15) is 29.4 Å². The van der Waals surface area contributed by atoms with Crippen LogP contribution in [-0.2, 0) is 11.2 Å². The van der Waals surface area contributed by atoms with Gasteiger partial charge < -0.3 is 9.47 Å². The minimum atomic E-state index is 0.0315. The fraction of sp³-hybridized carbons (Fsp3) is 0.294. The van der Waals surface area contributed by atoms with Crippen LogP contribution >= 0.6 is 0 Å². The minimum Gasteiger partial charge on any atom is -0.456 e. The number of Topliss-reactive ketones (excluding diaryl/α,β-unsaturated/α-hetero) is 1. The summed E-state index contributed by atoms with van der Waals surface area (Å²) in [4.78, 5) is 15.6. The van der Waals surface area contributed by atoms with Gasteiger partial charge in [-0.3, -0.25) is 4.79 Å². The van der Waals surface area contributed by atoms with Gasteiger partial charge in [0.25, 0.3) is 0 Å². The lowest BCUT2D eigenvalue weighted by Gasteiger charge is -2.07. The summed E-state index contributed by atoms with van der Waals surface area (Å²) < 4.78 is 10.7. The van der Waals surface area contributed by atoms with Crippen LogP contribution in [0.5, 0.6) is 11.5 Å². The van der Waals surface area contributed by atoms with E-state index in [0.717, 1.165) is 12.2 Å². The Morgan fingerprint density at radius 2 is 1.81 bits per heavy atom. The molecule has 0 aliphatic carbocycles. The van der Waals surface area contributed by atoms with Gasteiger partial charge in [-0.1, -0.05) is 19.1 Å². The van der Waals surface area contributed by atoms with E-state index in [4.69, 9.17) is 9.47 Å². The van der Waals surface area contributed by atoms with Crippen LogP contribution in [-0.4, -0.2) is 24.5 Å². The van der Waals surface area contributed by atoms with Gasteiger partial charge in [-0.05, 0) is 36.2 Å². The Morgan fingerprint density at radius 3 is 2.38 bits per heavy atom. The molecule has 0 amide bonds. The first-order valence-electron chi connectivity index (χ1n) is 6.98. The second kappa shape index (κ2) is 7.55. The van der Waals surface area contributed by atoms with E-state index < -0.39 is 0 Å². The molecule has 1 aromatic carbocycles. The third-order valence-electron chi connectivity index (χ3n) is 3.10. The number of carbonyl (C=O) groups excluding carboxylic acids is 1. The first-order chi connectivity index (χ1) is 10.2. The lowest BCUT2D eigenvalue weighted by atomic mass is 10.1. The molecule has 0 bridgehead atoms. The number of rotatable bonds is 7. The molecule has 0 saturated heterocycles. The second-order valence-corrected chi connectivity index (χ2v) is 4.64. The number of nitrogens with zero attached hydrogens (tertiary/aromatic N) is 1.